The van der Waals surface area contributed by atoms with Gasteiger partial charge in [0.25, 0.3) is 0 Å². The van der Waals surface area contributed by atoms with E-state index in [0.717, 1.165) is 49.2 Å². The minimum absolute atomic E-state index is 0.664. The zero-order chi connectivity index (χ0) is 15.8. The molecule has 2 fully saturated rings. The molecule has 6 nitrogen and oxygen atoms in total. The Morgan fingerprint density at radius 3 is 2.30 bits per heavy atom. The second kappa shape index (κ2) is 5.76. The van der Waals surface area contributed by atoms with E-state index in [1.54, 1.807) is 6.33 Å². The average Bonchev–Trinajstić information content (AvgIpc) is 3.43. The van der Waals surface area contributed by atoms with E-state index >= 15 is 0 Å². The number of piperazine rings is 1. The highest BCUT2D eigenvalue weighted by molar-refractivity contribution is 5.50. The Morgan fingerprint density at radius 2 is 1.65 bits per heavy atom. The first-order valence-corrected chi connectivity index (χ1v) is 8.34. The summed E-state index contributed by atoms with van der Waals surface area (Å²) in [7, 11) is 0. The lowest BCUT2D eigenvalue weighted by Crippen LogP contribution is -2.47. The highest BCUT2D eigenvalue weighted by Gasteiger charge is 2.26. The van der Waals surface area contributed by atoms with Gasteiger partial charge in [-0.15, -0.1) is 5.10 Å². The third-order valence-corrected chi connectivity index (χ3v) is 4.88. The molecule has 2 aliphatic rings. The molecule has 2 aromatic rings. The monoisotopic (exact) mass is 310 g/mol. The molecule has 6 heteroatoms. The highest BCUT2D eigenvalue weighted by atomic mass is 15.3. The molecule has 0 radical (unpaired) electrons. The van der Waals surface area contributed by atoms with Gasteiger partial charge < -0.3 is 9.80 Å². The van der Waals surface area contributed by atoms with Crippen LogP contribution in [0.4, 0.5) is 11.6 Å². The van der Waals surface area contributed by atoms with E-state index in [9.17, 15) is 0 Å². The van der Waals surface area contributed by atoms with Crippen LogP contribution >= 0.6 is 0 Å². The summed E-state index contributed by atoms with van der Waals surface area (Å²) in [6.45, 7) is 7.92. The molecule has 0 unspecified atom stereocenters. The quantitative estimate of drug-likeness (QED) is 0.865. The number of nitrogens with zero attached hydrogens (tertiary/aromatic N) is 6. The van der Waals surface area contributed by atoms with Crippen LogP contribution in [0.25, 0.3) is 0 Å². The molecule has 0 N–H and O–H groups in total. The van der Waals surface area contributed by atoms with E-state index in [1.807, 2.05) is 6.92 Å². The molecule has 120 valence electrons. The number of rotatable bonds is 3. The fourth-order valence-electron chi connectivity index (χ4n) is 3.09. The van der Waals surface area contributed by atoms with Gasteiger partial charge in [0.2, 0.25) is 0 Å². The molecule has 1 aliphatic carbocycles. The number of hydrogen-bond donors (Lipinski definition) is 0. The van der Waals surface area contributed by atoms with Crippen LogP contribution in [0.3, 0.4) is 0 Å². The maximum Gasteiger partial charge on any atom is 0.151 e. The molecule has 0 aromatic carbocycles. The highest BCUT2D eigenvalue weighted by Crippen LogP contribution is 2.38. The van der Waals surface area contributed by atoms with E-state index in [2.05, 4.69) is 49.0 Å². The number of anilines is 2. The summed E-state index contributed by atoms with van der Waals surface area (Å²) in [5, 5.41) is 8.82. The molecule has 3 heterocycles. The minimum atomic E-state index is 0.664. The summed E-state index contributed by atoms with van der Waals surface area (Å²) in [6.07, 6.45) is 4.20. The van der Waals surface area contributed by atoms with Gasteiger partial charge in [-0.05, 0) is 38.8 Å². The molecule has 0 atom stereocenters. The van der Waals surface area contributed by atoms with Crippen LogP contribution in [0.15, 0.2) is 18.5 Å². The lowest BCUT2D eigenvalue weighted by Gasteiger charge is -2.36. The smallest absolute Gasteiger partial charge is 0.151 e. The Balaban J connectivity index is 1.43. The summed E-state index contributed by atoms with van der Waals surface area (Å²) >= 11 is 0. The number of hydrogen-bond acceptors (Lipinski definition) is 6. The van der Waals surface area contributed by atoms with Crippen LogP contribution in [0.1, 0.15) is 35.7 Å². The van der Waals surface area contributed by atoms with Gasteiger partial charge >= 0.3 is 0 Å². The van der Waals surface area contributed by atoms with Crippen LogP contribution in [0.5, 0.6) is 0 Å². The number of aromatic nitrogens is 4. The zero-order valence-corrected chi connectivity index (χ0v) is 13.7. The lowest BCUT2D eigenvalue weighted by atomic mass is 10.2. The van der Waals surface area contributed by atoms with E-state index in [1.165, 1.54) is 18.4 Å². The van der Waals surface area contributed by atoms with Crippen molar-refractivity contribution in [1.29, 1.82) is 0 Å². The van der Waals surface area contributed by atoms with Crippen LogP contribution in [-0.2, 0) is 0 Å². The second-order valence-electron chi connectivity index (χ2n) is 6.47. The first kappa shape index (κ1) is 14.4. The topological polar surface area (TPSA) is 58.0 Å². The Kier molecular flexibility index (Phi) is 3.59. The van der Waals surface area contributed by atoms with Gasteiger partial charge in [-0.2, -0.15) is 5.10 Å². The van der Waals surface area contributed by atoms with Crippen LogP contribution in [0, 0.1) is 13.8 Å². The van der Waals surface area contributed by atoms with Gasteiger partial charge in [0.05, 0.1) is 5.69 Å². The predicted molar refractivity (Wildman–Crippen MR) is 89.9 cm³/mol. The molecule has 2 aromatic heterocycles. The average molecular weight is 310 g/mol. The molecule has 0 amide bonds. The van der Waals surface area contributed by atoms with Gasteiger partial charge in [0.15, 0.2) is 5.82 Å². The third-order valence-electron chi connectivity index (χ3n) is 4.88. The molecule has 23 heavy (non-hydrogen) atoms. The Morgan fingerprint density at radius 1 is 0.913 bits per heavy atom. The summed E-state index contributed by atoms with van der Waals surface area (Å²) in [5.74, 6) is 2.72. The normalized spacial score (nSPS) is 18.3. The fraction of sp³-hybridized carbons (Fsp3) is 0.529. The van der Waals surface area contributed by atoms with E-state index < -0.39 is 0 Å². The summed E-state index contributed by atoms with van der Waals surface area (Å²) in [4.78, 5) is 13.4. The first-order chi connectivity index (χ1) is 11.2. The molecule has 0 bridgehead atoms. The van der Waals surface area contributed by atoms with Crippen LogP contribution in [-0.4, -0.2) is 46.3 Å². The van der Waals surface area contributed by atoms with Gasteiger partial charge in [-0.3, -0.25) is 0 Å². The van der Waals surface area contributed by atoms with Crippen LogP contribution < -0.4 is 9.80 Å². The Labute approximate surface area is 136 Å². The van der Waals surface area contributed by atoms with Gasteiger partial charge in [0, 0.05) is 43.4 Å². The summed E-state index contributed by atoms with van der Waals surface area (Å²) < 4.78 is 0. The van der Waals surface area contributed by atoms with Crippen molar-refractivity contribution in [1.82, 2.24) is 20.2 Å². The fourth-order valence-corrected chi connectivity index (χ4v) is 3.09. The van der Waals surface area contributed by atoms with Crippen molar-refractivity contribution in [2.75, 3.05) is 36.0 Å². The minimum Gasteiger partial charge on any atom is -0.353 e. The maximum absolute atomic E-state index is 4.47. The summed E-state index contributed by atoms with van der Waals surface area (Å²) in [6, 6.07) is 4.26. The molecular formula is C17H22N6. The largest absolute Gasteiger partial charge is 0.353 e. The molecule has 1 saturated carbocycles. The van der Waals surface area contributed by atoms with E-state index in [4.69, 9.17) is 0 Å². The second-order valence-corrected chi connectivity index (χ2v) is 6.47. The van der Waals surface area contributed by atoms with Crippen molar-refractivity contribution in [2.45, 2.75) is 32.6 Å². The van der Waals surface area contributed by atoms with E-state index in [-0.39, 0.29) is 0 Å². The van der Waals surface area contributed by atoms with Crippen molar-refractivity contribution in [3.8, 4) is 0 Å². The third kappa shape index (κ3) is 2.85. The number of aryl methyl sites for hydroxylation is 1. The van der Waals surface area contributed by atoms with Gasteiger partial charge in [-0.1, -0.05) is 0 Å². The first-order valence-electron chi connectivity index (χ1n) is 8.34. The van der Waals surface area contributed by atoms with Gasteiger partial charge in [0.1, 0.15) is 12.1 Å². The van der Waals surface area contributed by atoms with Gasteiger partial charge in [-0.25, -0.2) is 9.97 Å². The predicted octanol–water partition coefficient (Wildman–Crippen LogP) is 2.09. The van der Waals surface area contributed by atoms with Crippen molar-refractivity contribution >= 4 is 11.6 Å². The van der Waals surface area contributed by atoms with Crippen molar-refractivity contribution in [3.05, 3.63) is 35.4 Å². The van der Waals surface area contributed by atoms with Crippen molar-refractivity contribution in [3.63, 3.8) is 0 Å². The summed E-state index contributed by atoms with van der Waals surface area (Å²) in [5.41, 5.74) is 3.38. The lowest BCUT2D eigenvalue weighted by molar-refractivity contribution is 0.634. The van der Waals surface area contributed by atoms with Crippen molar-refractivity contribution in [2.24, 2.45) is 0 Å². The molecule has 4 rings (SSSR count). The molecule has 1 saturated heterocycles. The standard InChI is InChI=1S/C17H22N6/c1-12-13(2)18-11-19-17(12)23-9-7-22(8-10-23)16-6-5-15(20-21-16)14-3-4-14/h5-6,11,14H,3-4,7-10H2,1-2H3. The molecular weight excluding hydrogens is 288 g/mol. The molecule has 0 spiro atoms. The Hall–Kier alpha value is -2.24. The maximum atomic E-state index is 4.47. The Bertz CT molecular complexity index is 687. The van der Waals surface area contributed by atoms with Crippen molar-refractivity contribution < 1.29 is 0 Å². The van der Waals surface area contributed by atoms with Crippen LogP contribution in [0.2, 0.25) is 0 Å². The van der Waals surface area contributed by atoms with E-state index in [0.29, 0.717) is 5.92 Å². The molecule has 1 aliphatic heterocycles. The zero-order valence-electron chi connectivity index (χ0n) is 13.7. The SMILES string of the molecule is Cc1ncnc(N2CCN(c3ccc(C4CC4)nn3)CC2)c1C.